The van der Waals surface area contributed by atoms with Crippen molar-refractivity contribution in [1.29, 1.82) is 0 Å². The van der Waals surface area contributed by atoms with E-state index in [0.29, 0.717) is 17.7 Å². The number of methoxy groups -OCH3 is 1. The Balaban J connectivity index is 2.16. The summed E-state index contributed by atoms with van der Waals surface area (Å²) in [4.78, 5) is 0.125. The van der Waals surface area contributed by atoms with Gasteiger partial charge in [-0.3, -0.25) is 0 Å². The smallest absolute Gasteiger partial charge is 0.244 e. The highest BCUT2D eigenvalue weighted by molar-refractivity contribution is 7.89. The highest BCUT2D eigenvalue weighted by atomic mass is 32.2. The first-order valence-corrected chi connectivity index (χ1v) is 8.75. The van der Waals surface area contributed by atoms with Crippen molar-refractivity contribution in [3.8, 4) is 11.5 Å². The second-order valence-electron chi connectivity index (χ2n) is 5.36. The average Bonchev–Trinajstić information content (AvgIpc) is 2.51. The molecule has 0 radical (unpaired) electrons. The number of aryl methyl sites for hydroxylation is 2. The van der Waals surface area contributed by atoms with Crippen LogP contribution in [0.4, 0.5) is 0 Å². The Labute approximate surface area is 137 Å². The molecule has 0 aliphatic carbocycles. The molecule has 0 saturated carbocycles. The van der Waals surface area contributed by atoms with E-state index >= 15 is 0 Å². The first-order chi connectivity index (χ1) is 10.8. The van der Waals surface area contributed by atoms with E-state index in [1.54, 1.807) is 36.4 Å². The molecular formula is C17H21NO4S. The van der Waals surface area contributed by atoms with E-state index in [1.807, 2.05) is 13.8 Å². The molecule has 124 valence electrons. The van der Waals surface area contributed by atoms with Gasteiger partial charge >= 0.3 is 0 Å². The lowest BCUT2D eigenvalue weighted by Gasteiger charge is -2.13. The van der Waals surface area contributed by atoms with Crippen LogP contribution in [0.3, 0.4) is 0 Å². The number of phenols is 1. The van der Waals surface area contributed by atoms with E-state index in [2.05, 4.69) is 4.72 Å². The molecule has 5 nitrogen and oxygen atoms in total. The number of sulfonamides is 1. The fraction of sp³-hybridized carbons (Fsp3) is 0.294. The highest BCUT2D eigenvalue weighted by Gasteiger charge is 2.20. The van der Waals surface area contributed by atoms with Crippen LogP contribution >= 0.6 is 0 Å². The van der Waals surface area contributed by atoms with Gasteiger partial charge in [-0.05, 0) is 55.2 Å². The van der Waals surface area contributed by atoms with Crippen molar-refractivity contribution in [2.45, 2.75) is 25.2 Å². The third-order valence-corrected chi connectivity index (χ3v) is 5.23. The number of nitrogens with one attached hydrogen (secondary N) is 1. The van der Waals surface area contributed by atoms with Crippen LogP contribution in [-0.2, 0) is 16.4 Å². The van der Waals surface area contributed by atoms with Gasteiger partial charge in [-0.2, -0.15) is 0 Å². The predicted molar refractivity (Wildman–Crippen MR) is 89.5 cm³/mol. The fourth-order valence-corrected chi connectivity index (χ4v) is 3.52. The van der Waals surface area contributed by atoms with Crippen molar-refractivity contribution < 1.29 is 18.3 Å². The predicted octanol–water partition coefficient (Wildman–Crippen LogP) is 2.54. The van der Waals surface area contributed by atoms with Crippen LogP contribution < -0.4 is 9.46 Å². The van der Waals surface area contributed by atoms with E-state index in [-0.39, 0.29) is 17.2 Å². The topological polar surface area (TPSA) is 75.6 Å². The molecule has 2 rings (SSSR count). The number of hydrogen-bond donors (Lipinski definition) is 2. The molecule has 0 bridgehead atoms. The van der Waals surface area contributed by atoms with E-state index < -0.39 is 10.0 Å². The summed E-state index contributed by atoms with van der Waals surface area (Å²) >= 11 is 0. The first-order valence-electron chi connectivity index (χ1n) is 7.27. The minimum absolute atomic E-state index is 0.125. The second kappa shape index (κ2) is 7.02. The zero-order valence-electron chi connectivity index (χ0n) is 13.5. The summed E-state index contributed by atoms with van der Waals surface area (Å²) in [5.41, 5.74) is 2.55. The highest BCUT2D eigenvalue weighted by Crippen LogP contribution is 2.27. The maximum absolute atomic E-state index is 12.5. The number of phenolic OH excluding ortho intramolecular Hbond substituents is 1. The Hall–Kier alpha value is -2.05. The molecule has 0 aromatic heterocycles. The van der Waals surface area contributed by atoms with Gasteiger partial charge in [0.2, 0.25) is 10.0 Å². The Morgan fingerprint density at radius 3 is 2.43 bits per heavy atom. The molecule has 0 unspecified atom stereocenters. The minimum atomic E-state index is -3.68. The molecule has 2 aromatic carbocycles. The third-order valence-electron chi connectivity index (χ3n) is 3.75. The van der Waals surface area contributed by atoms with Gasteiger partial charge in [0.25, 0.3) is 0 Å². The van der Waals surface area contributed by atoms with Crippen LogP contribution in [0.5, 0.6) is 11.5 Å². The average molecular weight is 335 g/mol. The monoisotopic (exact) mass is 335 g/mol. The summed E-state index contributed by atoms with van der Waals surface area (Å²) in [5.74, 6) is 0.485. The summed E-state index contributed by atoms with van der Waals surface area (Å²) in [7, 11) is -2.23. The number of para-hydroxylation sites is 1. The molecule has 0 amide bonds. The molecule has 0 atom stereocenters. The van der Waals surface area contributed by atoms with Crippen molar-refractivity contribution in [3.05, 3.63) is 53.1 Å². The van der Waals surface area contributed by atoms with Crippen molar-refractivity contribution in [2.24, 2.45) is 0 Å². The lowest BCUT2D eigenvalue weighted by atomic mass is 10.1. The van der Waals surface area contributed by atoms with E-state index in [1.165, 1.54) is 7.11 Å². The zero-order chi connectivity index (χ0) is 17.0. The van der Waals surface area contributed by atoms with E-state index in [9.17, 15) is 13.5 Å². The molecule has 0 fully saturated rings. The van der Waals surface area contributed by atoms with Gasteiger partial charge < -0.3 is 9.84 Å². The first kappa shape index (κ1) is 17.3. The molecule has 0 aliphatic heterocycles. The number of rotatable bonds is 6. The lowest BCUT2D eigenvalue weighted by Crippen LogP contribution is -2.26. The van der Waals surface area contributed by atoms with Gasteiger partial charge in [0.05, 0.1) is 7.11 Å². The van der Waals surface area contributed by atoms with Crippen LogP contribution in [-0.4, -0.2) is 27.2 Å². The van der Waals surface area contributed by atoms with E-state index in [0.717, 1.165) is 11.1 Å². The van der Waals surface area contributed by atoms with Gasteiger partial charge in [0.1, 0.15) is 16.4 Å². The van der Waals surface area contributed by atoms with Crippen molar-refractivity contribution >= 4 is 10.0 Å². The molecule has 2 N–H and O–H groups in total. The van der Waals surface area contributed by atoms with Gasteiger partial charge in [-0.1, -0.05) is 18.2 Å². The Bertz CT molecular complexity index is 800. The summed E-state index contributed by atoms with van der Waals surface area (Å²) < 4.78 is 32.7. The Morgan fingerprint density at radius 1 is 1.13 bits per heavy atom. The third kappa shape index (κ3) is 4.03. The normalized spacial score (nSPS) is 11.4. The van der Waals surface area contributed by atoms with Crippen LogP contribution in [0, 0.1) is 13.8 Å². The van der Waals surface area contributed by atoms with Gasteiger partial charge in [0, 0.05) is 6.54 Å². The fourth-order valence-electron chi connectivity index (χ4n) is 2.25. The number of aromatic hydroxyl groups is 1. The molecule has 0 aliphatic rings. The Kier molecular flexibility index (Phi) is 5.28. The number of hydrogen-bond acceptors (Lipinski definition) is 4. The molecule has 6 heteroatoms. The molecule has 0 heterocycles. The van der Waals surface area contributed by atoms with Gasteiger partial charge in [-0.25, -0.2) is 13.1 Å². The van der Waals surface area contributed by atoms with Crippen molar-refractivity contribution in [2.75, 3.05) is 13.7 Å². The number of ether oxygens (including phenoxy) is 1. The second-order valence-corrected chi connectivity index (χ2v) is 7.10. The largest absolute Gasteiger partial charge is 0.508 e. The van der Waals surface area contributed by atoms with Crippen LogP contribution in [0.1, 0.15) is 16.7 Å². The van der Waals surface area contributed by atoms with Crippen molar-refractivity contribution in [3.63, 3.8) is 0 Å². The molecular weight excluding hydrogens is 314 g/mol. The lowest BCUT2D eigenvalue weighted by molar-refractivity contribution is 0.402. The summed E-state index contributed by atoms with van der Waals surface area (Å²) in [6.45, 7) is 3.95. The van der Waals surface area contributed by atoms with Gasteiger partial charge in [0.15, 0.2) is 0 Å². The molecule has 2 aromatic rings. The molecule has 23 heavy (non-hydrogen) atoms. The van der Waals surface area contributed by atoms with Crippen LogP contribution in [0.15, 0.2) is 41.3 Å². The van der Waals surface area contributed by atoms with Crippen molar-refractivity contribution in [1.82, 2.24) is 4.72 Å². The van der Waals surface area contributed by atoms with Crippen LogP contribution in [0.25, 0.3) is 0 Å². The maximum Gasteiger partial charge on any atom is 0.244 e. The maximum atomic E-state index is 12.5. The van der Waals surface area contributed by atoms with Crippen LogP contribution in [0.2, 0.25) is 0 Å². The SMILES string of the molecule is COc1cc(C)c(C)cc1S(=O)(=O)NCCc1ccccc1O. The van der Waals surface area contributed by atoms with Gasteiger partial charge in [-0.15, -0.1) is 0 Å². The summed E-state index contributed by atoms with van der Waals surface area (Å²) in [6, 6.07) is 10.2. The standard InChI is InChI=1S/C17H21NO4S/c1-12-10-16(22-3)17(11-13(12)2)23(20,21)18-9-8-14-6-4-5-7-15(14)19/h4-7,10-11,18-19H,8-9H2,1-3H3. The Morgan fingerprint density at radius 2 is 1.78 bits per heavy atom. The summed E-state index contributed by atoms with van der Waals surface area (Å²) in [6.07, 6.45) is 0.402. The molecule has 0 spiro atoms. The van der Waals surface area contributed by atoms with E-state index in [4.69, 9.17) is 4.74 Å². The summed E-state index contributed by atoms with van der Waals surface area (Å²) in [5, 5.41) is 9.71. The quantitative estimate of drug-likeness (QED) is 0.850. The zero-order valence-corrected chi connectivity index (χ0v) is 14.3. The minimum Gasteiger partial charge on any atom is -0.508 e. The number of benzene rings is 2. The molecule has 0 saturated heterocycles.